The molecule has 1 aromatic heterocycles. The van der Waals surface area contributed by atoms with Gasteiger partial charge in [-0.1, -0.05) is 12.1 Å². The number of benzene rings is 1. The first kappa shape index (κ1) is 10.2. The molecule has 1 atom stereocenters. The molecule has 2 aromatic rings. The summed E-state index contributed by atoms with van der Waals surface area (Å²) in [6, 6.07) is 9.20. The maximum absolute atomic E-state index is 5.89. The molecule has 1 heterocycles. The Balaban J connectivity index is 2.61. The van der Waals surface area contributed by atoms with Crippen molar-refractivity contribution < 1.29 is 0 Å². The standard InChI is InChI=1S/C13H18N2/c1-9(2)15-7-6-11-4-5-12(10(3)14)8-13(11)15/h4-10H,14H2,1-3H3. The lowest BCUT2D eigenvalue weighted by Crippen LogP contribution is -2.05. The number of aromatic nitrogens is 1. The van der Waals surface area contributed by atoms with Crippen LogP contribution in [0.2, 0.25) is 0 Å². The molecule has 1 aromatic carbocycles. The smallest absolute Gasteiger partial charge is 0.0486 e. The van der Waals surface area contributed by atoms with Crippen LogP contribution in [0.25, 0.3) is 10.9 Å². The second kappa shape index (κ2) is 3.70. The summed E-state index contributed by atoms with van der Waals surface area (Å²) in [6.07, 6.45) is 2.14. The number of fused-ring (bicyclic) bond motifs is 1. The lowest BCUT2D eigenvalue weighted by molar-refractivity contribution is 0.622. The Morgan fingerprint density at radius 3 is 2.47 bits per heavy atom. The Morgan fingerprint density at radius 1 is 1.13 bits per heavy atom. The van der Waals surface area contributed by atoms with Crippen molar-refractivity contribution in [1.82, 2.24) is 4.57 Å². The predicted molar refractivity (Wildman–Crippen MR) is 64.9 cm³/mol. The van der Waals surface area contributed by atoms with Gasteiger partial charge in [0.1, 0.15) is 0 Å². The van der Waals surface area contributed by atoms with Crippen LogP contribution in [0.3, 0.4) is 0 Å². The average molecular weight is 202 g/mol. The minimum absolute atomic E-state index is 0.102. The molecule has 2 nitrogen and oxygen atoms in total. The molecule has 0 bridgehead atoms. The van der Waals surface area contributed by atoms with E-state index in [1.165, 1.54) is 16.5 Å². The quantitative estimate of drug-likeness (QED) is 0.796. The first-order chi connectivity index (χ1) is 7.09. The van der Waals surface area contributed by atoms with Gasteiger partial charge in [-0.25, -0.2) is 0 Å². The third kappa shape index (κ3) is 1.77. The predicted octanol–water partition coefficient (Wildman–Crippen LogP) is 3.24. The van der Waals surface area contributed by atoms with E-state index < -0.39 is 0 Å². The summed E-state index contributed by atoms with van der Waals surface area (Å²) in [7, 11) is 0. The molecule has 1 unspecified atom stereocenters. The van der Waals surface area contributed by atoms with Gasteiger partial charge < -0.3 is 10.3 Å². The van der Waals surface area contributed by atoms with Crippen molar-refractivity contribution in [3.63, 3.8) is 0 Å². The lowest BCUT2D eigenvalue weighted by Gasteiger charge is -2.11. The summed E-state index contributed by atoms with van der Waals surface area (Å²) in [5.74, 6) is 0. The second-order valence-corrected chi connectivity index (χ2v) is 4.42. The van der Waals surface area contributed by atoms with Crippen molar-refractivity contribution in [3.8, 4) is 0 Å². The highest BCUT2D eigenvalue weighted by Gasteiger charge is 2.06. The Morgan fingerprint density at radius 2 is 1.87 bits per heavy atom. The summed E-state index contributed by atoms with van der Waals surface area (Å²) in [5, 5.41) is 1.29. The van der Waals surface area contributed by atoms with Gasteiger partial charge in [0.2, 0.25) is 0 Å². The van der Waals surface area contributed by atoms with E-state index in [4.69, 9.17) is 5.73 Å². The molecule has 0 aliphatic rings. The molecule has 0 amide bonds. The maximum Gasteiger partial charge on any atom is 0.0486 e. The van der Waals surface area contributed by atoms with E-state index in [1.54, 1.807) is 0 Å². The van der Waals surface area contributed by atoms with E-state index in [9.17, 15) is 0 Å². The maximum atomic E-state index is 5.89. The molecule has 0 aliphatic heterocycles. The van der Waals surface area contributed by atoms with Gasteiger partial charge in [-0.15, -0.1) is 0 Å². The van der Waals surface area contributed by atoms with E-state index >= 15 is 0 Å². The number of nitrogens with two attached hydrogens (primary N) is 1. The molecule has 0 aliphatic carbocycles. The normalized spacial score (nSPS) is 13.7. The molecule has 0 saturated carbocycles. The minimum Gasteiger partial charge on any atom is -0.345 e. The molecule has 0 saturated heterocycles. The molecule has 0 spiro atoms. The third-order valence-electron chi connectivity index (χ3n) is 2.83. The van der Waals surface area contributed by atoms with Crippen molar-refractivity contribution in [3.05, 3.63) is 36.0 Å². The van der Waals surface area contributed by atoms with Crippen LogP contribution in [0.15, 0.2) is 30.5 Å². The first-order valence-corrected chi connectivity index (χ1v) is 5.45. The lowest BCUT2D eigenvalue weighted by atomic mass is 10.1. The summed E-state index contributed by atoms with van der Waals surface area (Å²) in [4.78, 5) is 0. The topological polar surface area (TPSA) is 30.9 Å². The van der Waals surface area contributed by atoms with Gasteiger partial charge >= 0.3 is 0 Å². The van der Waals surface area contributed by atoms with Gasteiger partial charge in [-0.3, -0.25) is 0 Å². The molecule has 80 valence electrons. The largest absolute Gasteiger partial charge is 0.345 e. The Hall–Kier alpha value is -1.28. The van der Waals surface area contributed by atoms with E-state index in [-0.39, 0.29) is 6.04 Å². The summed E-state index contributed by atoms with van der Waals surface area (Å²) in [5.41, 5.74) is 8.37. The van der Waals surface area contributed by atoms with Gasteiger partial charge in [-0.2, -0.15) is 0 Å². The first-order valence-electron chi connectivity index (χ1n) is 5.45. The zero-order chi connectivity index (χ0) is 11.0. The summed E-state index contributed by atoms with van der Waals surface area (Å²) < 4.78 is 2.28. The Bertz CT molecular complexity index is 466. The highest BCUT2D eigenvalue weighted by Crippen LogP contribution is 2.23. The molecule has 2 heteroatoms. The van der Waals surface area contributed by atoms with E-state index in [0.717, 1.165) is 0 Å². The van der Waals surface area contributed by atoms with Crippen molar-refractivity contribution in [1.29, 1.82) is 0 Å². The van der Waals surface area contributed by atoms with Crippen LogP contribution >= 0.6 is 0 Å². The SMILES string of the molecule is CC(N)c1ccc2ccn(C(C)C)c2c1. The van der Waals surface area contributed by atoms with Crippen LogP contribution in [0, 0.1) is 0 Å². The summed E-state index contributed by atoms with van der Waals surface area (Å²) >= 11 is 0. The van der Waals surface area contributed by atoms with Crippen molar-refractivity contribution in [2.75, 3.05) is 0 Å². The third-order valence-corrected chi connectivity index (χ3v) is 2.83. The van der Waals surface area contributed by atoms with Gasteiger partial charge in [0.25, 0.3) is 0 Å². The Kier molecular flexibility index (Phi) is 2.53. The monoisotopic (exact) mass is 202 g/mol. The zero-order valence-electron chi connectivity index (χ0n) is 9.57. The van der Waals surface area contributed by atoms with Crippen molar-refractivity contribution in [2.45, 2.75) is 32.9 Å². The van der Waals surface area contributed by atoms with E-state index in [0.29, 0.717) is 6.04 Å². The van der Waals surface area contributed by atoms with Gasteiger partial charge in [-0.05, 0) is 43.9 Å². The minimum atomic E-state index is 0.102. The van der Waals surface area contributed by atoms with Crippen LogP contribution in [0.5, 0.6) is 0 Å². The molecule has 2 rings (SSSR count). The molecule has 15 heavy (non-hydrogen) atoms. The molecule has 0 fully saturated rings. The van der Waals surface area contributed by atoms with E-state index in [1.807, 2.05) is 6.92 Å². The number of nitrogens with zero attached hydrogens (tertiary/aromatic N) is 1. The molecular formula is C13H18N2. The fourth-order valence-corrected chi connectivity index (χ4v) is 1.90. The molecule has 2 N–H and O–H groups in total. The number of hydrogen-bond donors (Lipinski definition) is 1. The average Bonchev–Trinajstić information content (AvgIpc) is 2.59. The highest BCUT2D eigenvalue weighted by molar-refractivity contribution is 5.81. The van der Waals surface area contributed by atoms with Gasteiger partial charge in [0, 0.05) is 23.8 Å². The Labute approximate surface area is 90.7 Å². The van der Waals surface area contributed by atoms with Crippen LogP contribution in [0.4, 0.5) is 0 Å². The zero-order valence-corrected chi connectivity index (χ0v) is 9.57. The second-order valence-electron chi connectivity index (χ2n) is 4.42. The molecular weight excluding hydrogens is 184 g/mol. The van der Waals surface area contributed by atoms with Crippen molar-refractivity contribution in [2.24, 2.45) is 5.73 Å². The number of hydrogen-bond acceptors (Lipinski definition) is 1. The number of rotatable bonds is 2. The van der Waals surface area contributed by atoms with Crippen LogP contribution in [0.1, 0.15) is 38.4 Å². The fourth-order valence-electron chi connectivity index (χ4n) is 1.90. The molecule has 0 radical (unpaired) electrons. The van der Waals surface area contributed by atoms with Crippen LogP contribution < -0.4 is 5.73 Å². The van der Waals surface area contributed by atoms with Crippen LogP contribution in [-0.2, 0) is 0 Å². The van der Waals surface area contributed by atoms with Gasteiger partial charge in [0.15, 0.2) is 0 Å². The van der Waals surface area contributed by atoms with E-state index in [2.05, 4.69) is 48.9 Å². The van der Waals surface area contributed by atoms with Crippen LogP contribution in [-0.4, -0.2) is 4.57 Å². The van der Waals surface area contributed by atoms with Gasteiger partial charge in [0.05, 0.1) is 0 Å². The van der Waals surface area contributed by atoms with Crippen molar-refractivity contribution >= 4 is 10.9 Å². The fraction of sp³-hybridized carbons (Fsp3) is 0.385. The highest BCUT2D eigenvalue weighted by atomic mass is 15.0. The summed E-state index contributed by atoms with van der Waals surface area (Å²) in [6.45, 7) is 6.40.